The van der Waals surface area contributed by atoms with E-state index in [1.54, 1.807) is 4.90 Å². The molecule has 0 spiro atoms. The van der Waals surface area contributed by atoms with Crippen molar-refractivity contribution in [1.82, 2.24) is 4.90 Å². The zero-order valence-electron chi connectivity index (χ0n) is 18.2. The molecule has 3 rings (SSSR count). The number of non-ortho nitro benzene ring substituents is 1. The van der Waals surface area contributed by atoms with Gasteiger partial charge in [0.15, 0.2) is 0 Å². The highest BCUT2D eigenvalue weighted by molar-refractivity contribution is 5.81. The Morgan fingerprint density at radius 1 is 1.16 bits per heavy atom. The summed E-state index contributed by atoms with van der Waals surface area (Å²) < 4.78 is 19.7. The van der Waals surface area contributed by atoms with E-state index in [4.69, 9.17) is 4.74 Å². The van der Waals surface area contributed by atoms with Gasteiger partial charge in [-0.3, -0.25) is 19.7 Å². The lowest BCUT2D eigenvalue weighted by Gasteiger charge is -2.34. The fourth-order valence-electron chi connectivity index (χ4n) is 4.21. The number of rotatable bonds is 4. The lowest BCUT2D eigenvalue weighted by Crippen LogP contribution is -2.41. The summed E-state index contributed by atoms with van der Waals surface area (Å²) in [4.78, 5) is 37.1. The number of nitrogens with zero attached hydrogens (tertiary/aromatic N) is 2. The maximum Gasteiger partial charge on any atom is 0.309 e. The molecule has 7 nitrogen and oxygen atoms in total. The molecule has 0 bridgehead atoms. The maximum absolute atomic E-state index is 14.3. The molecule has 1 saturated carbocycles. The third-order valence-corrected chi connectivity index (χ3v) is 5.85. The smallest absolute Gasteiger partial charge is 0.309 e. The summed E-state index contributed by atoms with van der Waals surface area (Å²) in [6.45, 7) is 6.41. The molecular weight excluding hydrogens is 403 g/mol. The standard InChI is InChI=1S/C23H29FN2O5/c1-23(2,3)31-22(28)17-6-4-16(5-7-17)21(27)25-12-10-15(11-13-25)19-9-8-18(26(29)30)14-20(19)24/h8-10,14,16-17H,4-7,11-13H2,1-3H3/t16-,17-. The Morgan fingerprint density at radius 3 is 2.32 bits per heavy atom. The SMILES string of the molecule is CC(C)(C)OC(=O)[C@H]1CC[C@H](C(=O)N2CC=C(c3ccc([N+](=O)[O-])cc3F)CC2)CC1. The summed E-state index contributed by atoms with van der Waals surface area (Å²) in [5, 5.41) is 10.8. The molecule has 1 aromatic carbocycles. The minimum atomic E-state index is -0.625. The van der Waals surface area contributed by atoms with Crippen LogP contribution in [0.5, 0.6) is 0 Å². The Bertz CT molecular complexity index is 898. The molecule has 0 N–H and O–H groups in total. The monoisotopic (exact) mass is 432 g/mol. The van der Waals surface area contributed by atoms with Crippen molar-refractivity contribution in [3.8, 4) is 0 Å². The number of ether oxygens (including phenoxy) is 1. The number of nitro groups is 1. The van der Waals surface area contributed by atoms with Crippen LogP contribution in [0.25, 0.3) is 5.57 Å². The lowest BCUT2D eigenvalue weighted by molar-refractivity contribution is -0.385. The van der Waals surface area contributed by atoms with E-state index in [1.807, 2.05) is 26.8 Å². The van der Waals surface area contributed by atoms with Gasteiger partial charge in [0.05, 0.1) is 16.9 Å². The van der Waals surface area contributed by atoms with Gasteiger partial charge in [-0.25, -0.2) is 4.39 Å². The molecule has 0 unspecified atom stereocenters. The van der Waals surface area contributed by atoms with Crippen molar-refractivity contribution >= 4 is 23.1 Å². The van der Waals surface area contributed by atoms with E-state index in [-0.39, 0.29) is 29.4 Å². The molecule has 0 radical (unpaired) electrons. The van der Waals surface area contributed by atoms with Crippen LogP contribution in [0.2, 0.25) is 0 Å². The van der Waals surface area contributed by atoms with Crippen molar-refractivity contribution in [3.63, 3.8) is 0 Å². The van der Waals surface area contributed by atoms with E-state index >= 15 is 0 Å². The third kappa shape index (κ3) is 5.68. The first-order valence-corrected chi connectivity index (χ1v) is 10.7. The zero-order chi connectivity index (χ0) is 22.8. The third-order valence-electron chi connectivity index (χ3n) is 5.85. The number of hydrogen-bond acceptors (Lipinski definition) is 5. The predicted octanol–water partition coefficient (Wildman–Crippen LogP) is 4.50. The highest BCUT2D eigenvalue weighted by Gasteiger charge is 2.34. The van der Waals surface area contributed by atoms with Crippen molar-refractivity contribution in [1.29, 1.82) is 0 Å². The molecule has 1 aromatic rings. The van der Waals surface area contributed by atoms with E-state index < -0.39 is 16.3 Å². The van der Waals surface area contributed by atoms with E-state index in [0.29, 0.717) is 50.8 Å². The lowest BCUT2D eigenvalue weighted by atomic mass is 9.81. The van der Waals surface area contributed by atoms with Crippen LogP contribution >= 0.6 is 0 Å². The van der Waals surface area contributed by atoms with Crippen LogP contribution in [0.1, 0.15) is 58.4 Å². The van der Waals surface area contributed by atoms with Gasteiger partial charge in [0, 0.05) is 30.6 Å². The van der Waals surface area contributed by atoms with Crippen LogP contribution in [0, 0.1) is 27.8 Å². The predicted molar refractivity (Wildman–Crippen MR) is 114 cm³/mol. The Hall–Kier alpha value is -2.77. The normalized spacial score (nSPS) is 21.9. The number of halogens is 1. The van der Waals surface area contributed by atoms with Crippen LogP contribution in [0.15, 0.2) is 24.3 Å². The summed E-state index contributed by atoms with van der Waals surface area (Å²) >= 11 is 0. The second-order valence-electron chi connectivity index (χ2n) is 9.27. The summed E-state index contributed by atoms with van der Waals surface area (Å²) in [5.41, 5.74) is 0.308. The Morgan fingerprint density at radius 2 is 1.81 bits per heavy atom. The van der Waals surface area contributed by atoms with Crippen LogP contribution in [0.4, 0.5) is 10.1 Å². The molecule has 1 aliphatic carbocycles. The summed E-state index contributed by atoms with van der Waals surface area (Å²) in [5.74, 6) is -0.997. The minimum Gasteiger partial charge on any atom is -0.460 e. The van der Waals surface area contributed by atoms with Gasteiger partial charge in [-0.2, -0.15) is 0 Å². The summed E-state index contributed by atoms with van der Waals surface area (Å²) in [7, 11) is 0. The van der Waals surface area contributed by atoms with Crippen LogP contribution in [-0.2, 0) is 14.3 Å². The first-order valence-electron chi connectivity index (χ1n) is 10.7. The second-order valence-corrected chi connectivity index (χ2v) is 9.27. The van der Waals surface area contributed by atoms with E-state index in [9.17, 15) is 24.1 Å². The van der Waals surface area contributed by atoms with Gasteiger partial charge in [0.1, 0.15) is 11.4 Å². The summed E-state index contributed by atoms with van der Waals surface area (Å²) in [6, 6.07) is 3.64. The van der Waals surface area contributed by atoms with Crippen molar-refractivity contribution < 1.29 is 23.6 Å². The van der Waals surface area contributed by atoms with E-state index in [2.05, 4.69) is 0 Å². The maximum atomic E-state index is 14.3. The molecule has 8 heteroatoms. The van der Waals surface area contributed by atoms with E-state index in [0.717, 1.165) is 11.6 Å². The van der Waals surface area contributed by atoms with Crippen LogP contribution < -0.4 is 0 Å². The second kappa shape index (κ2) is 9.16. The fraction of sp³-hybridized carbons (Fsp3) is 0.565. The zero-order valence-corrected chi connectivity index (χ0v) is 18.2. The topological polar surface area (TPSA) is 89.8 Å². The number of esters is 1. The molecule has 0 saturated heterocycles. The molecular formula is C23H29FN2O5. The van der Waals surface area contributed by atoms with Gasteiger partial charge in [0.25, 0.3) is 5.69 Å². The van der Waals surface area contributed by atoms with Gasteiger partial charge in [-0.05, 0) is 64.5 Å². The molecule has 168 valence electrons. The first kappa shape index (κ1) is 22.9. The molecule has 1 fully saturated rings. The van der Waals surface area contributed by atoms with Gasteiger partial charge < -0.3 is 9.64 Å². The highest BCUT2D eigenvalue weighted by atomic mass is 19.1. The molecule has 31 heavy (non-hydrogen) atoms. The van der Waals surface area contributed by atoms with Crippen molar-refractivity contribution in [2.45, 2.75) is 58.5 Å². The van der Waals surface area contributed by atoms with Gasteiger partial charge in [0.2, 0.25) is 5.91 Å². The Labute approximate surface area is 181 Å². The Balaban J connectivity index is 1.55. The Kier molecular flexibility index (Phi) is 6.77. The quantitative estimate of drug-likeness (QED) is 0.397. The van der Waals surface area contributed by atoms with E-state index in [1.165, 1.54) is 12.1 Å². The van der Waals surface area contributed by atoms with Crippen molar-refractivity contribution in [2.75, 3.05) is 13.1 Å². The average molecular weight is 432 g/mol. The number of carbonyl (C=O) groups excluding carboxylic acids is 2. The molecule has 1 heterocycles. The van der Waals surface area contributed by atoms with Gasteiger partial charge >= 0.3 is 5.97 Å². The average Bonchev–Trinajstić information content (AvgIpc) is 2.72. The van der Waals surface area contributed by atoms with Crippen molar-refractivity contribution in [3.05, 3.63) is 45.8 Å². The van der Waals surface area contributed by atoms with Crippen LogP contribution in [0.3, 0.4) is 0 Å². The number of nitro benzene ring substituents is 1. The molecule has 0 atom stereocenters. The fourth-order valence-corrected chi connectivity index (χ4v) is 4.21. The largest absolute Gasteiger partial charge is 0.460 e. The number of benzene rings is 1. The molecule has 1 amide bonds. The van der Waals surface area contributed by atoms with Crippen molar-refractivity contribution in [2.24, 2.45) is 11.8 Å². The number of hydrogen-bond donors (Lipinski definition) is 0. The number of carbonyl (C=O) groups is 2. The van der Waals surface area contributed by atoms with Gasteiger partial charge in [-0.1, -0.05) is 6.08 Å². The highest BCUT2D eigenvalue weighted by Crippen LogP contribution is 2.33. The molecule has 1 aliphatic heterocycles. The molecule has 2 aliphatic rings. The molecule has 0 aromatic heterocycles. The summed E-state index contributed by atoms with van der Waals surface area (Å²) in [6.07, 6.45) is 4.92. The van der Waals surface area contributed by atoms with Gasteiger partial charge in [-0.15, -0.1) is 0 Å². The minimum absolute atomic E-state index is 0.0714. The number of amides is 1. The first-order chi connectivity index (χ1) is 14.5. The van der Waals surface area contributed by atoms with Crippen LogP contribution in [-0.4, -0.2) is 40.4 Å².